The highest BCUT2D eigenvalue weighted by Crippen LogP contribution is 2.37. The highest BCUT2D eigenvalue weighted by Gasteiger charge is 2.17. The molecule has 0 spiro atoms. The Bertz CT molecular complexity index is 1010. The second-order valence-electron chi connectivity index (χ2n) is 5.23. The van der Waals surface area contributed by atoms with E-state index in [9.17, 15) is 9.59 Å². The first-order chi connectivity index (χ1) is 11.4. The summed E-state index contributed by atoms with van der Waals surface area (Å²) < 4.78 is 0. The van der Waals surface area contributed by atoms with Crippen LogP contribution in [0.25, 0.3) is 21.3 Å². The lowest BCUT2D eigenvalue weighted by atomic mass is 10.0. The number of aromatic nitrogens is 2. The first-order valence-electron chi connectivity index (χ1n) is 7.01. The van der Waals surface area contributed by atoms with E-state index in [1.807, 2.05) is 32.0 Å². The fraction of sp³-hybridized carbons (Fsp3) is 0.188. The smallest absolute Gasteiger partial charge is 0.313 e. The number of carboxylic acids is 1. The Morgan fingerprint density at radius 2 is 2.17 bits per heavy atom. The van der Waals surface area contributed by atoms with Crippen LogP contribution in [0.5, 0.6) is 0 Å². The Kier molecular flexibility index (Phi) is 4.67. The number of fused-ring (bicyclic) bond motifs is 1. The molecule has 2 aromatic heterocycles. The van der Waals surface area contributed by atoms with Crippen LogP contribution in [0.1, 0.15) is 10.4 Å². The van der Waals surface area contributed by atoms with Crippen molar-refractivity contribution in [1.82, 2.24) is 9.97 Å². The largest absolute Gasteiger partial charge is 0.481 e. The summed E-state index contributed by atoms with van der Waals surface area (Å²) in [4.78, 5) is 31.8. The zero-order valence-corrected chi connectivity index (χ0v) is 15.2. The van der Waals surface area contributed by atoms with Crippen molar-refractivity contribution >= 4 is 50.9 Å². The fourth-order valence-electron chi connectivity index (χ4n) is 2.45. The summed E-state index contributed by atoms with van der Waals surface area (Å²) in [6, 6.07) is 5.65. The number of thioether (sulfide) groups is 1. The van der Waals surface area contributed by atoms with E-state index in [4.69, 9.17) is 16.7 Å². The van der Waals surface area contributed by atoms with Crippen LogP contribution in [0.3, 0.4) is 0 Å². The maximum Gasteiger partial charge on any atom is 0.313 e. The molecule has 2 N–H and O–H groups in total. The number of carboxylic acid groups (broad SMARTS) is 1. The van der Waals surface area contributed by atoms with Gasteiger partial charge < -0.3 is 10.1 Å². The summed E-state index contributed by atoms with van der Waals surface area (Å²) >= 11 is 8.50. The third kappa shape index (κ3) is 3.19. The summed E-state index contributed by atoms with van der Waals surface area (Å²) in [6.07, 6.45) is 0. The van der Waals surface area contributed by atoms with Gasteiger partial charge in [0.15, 0.2) is 5.16 Å². The van der Waals surface area contributed by atoms with Crippen LogP contribution in [0.2, 0.25) is 5.02 Å². The van der Waals surface area contributed by atoms with Crippen molar-refractivity contribution < 1.29 is 9.90 Å². The quantitative estimate of drug-likeness (QED) is 0.526. The lowest BCUT2D eigenvalue weighted by Crippen LogP contribution is -2.10. The molecule has 0 radical (unpaired) electrons. The number of aromatic amines is 1. The molecule has 1 aromatic carbocycles. The fourth-order valence-corrected chi connectivity index (χ4v) is 4.25. The Balaban J connectivity index is 2.16. The molecule has 0 unspecified atom stereocenters. The Morgan fingerprint density at radius 1 is 1.42 bits per heavy atom. The summed E-state index contributed by atoms with van der Waals surface area (Å²) in [7, 11) is 0. The normalized spacial score (nSPS) is 11.1. The van der Waals surface area contributed by atoms with Crippen molar-refractivity contribution in [3.63, 3.8) is 0 Å². The summed E-state index contributed by atoms with van der Waals surface area (Å²) in [5.41, 5.74) is 2.43. The van der Waals surface area contributed by atoms with Crippen LogP contribution in [-0.4, -0.2) is 26.8 Å². The Labute approximate surface area is 150 Å². The maximum absolute atomic E-state index is 12.5. The monoisotopic (exact) mass is 380 g/mol. The van der Waals surface area contributed by atoms with Gasteiger partial charge in [-0.15, -0.1) is 11.3 Å². The molecule has 5 nitrogen and oxygen atoms in total. The van der Waals surface area contributed by atoms with Gasteiger partial charge in [0.2, 0.25) is 0 Å². The van der Waals surface area contributed by atoms with Crippen LogP contribution >= 0.6 is 34.7 Å². The number of hydrogen-bond acceptors (Lipinski definition) is 5. The highest BCUT2D eigenvalue weighted by atomic mass is 35.5. The number of H-pyrrole nitrogens is 1. The molecule has 2 heterocycles. The van der Waals surface area contributed by atoms with Crippen molar-refractivity contribution in [2.75, 3.05) is 5.75 Å². The molecule has 0 aliphatic heterocycles. The van der Waals surface area contributed by atoms with Gasteiger partial charge in [0, 0.05) is 15.5 Å². The molecular formula is C16H13ClN2O3S2. The molecule has 3 rings (SSSR count). The zero-order valence-electron chi connectivity index (χ0n) is 12.8. The minimum absolute atomic E-state index is 0.151. The first kappa shape index (κ1) is 17.0. The van der Waals surface area contributed by atoms with Crippen LogP contribution in [0, 0.1) is 13.8 Å². The second-order valence-corrected chi connectivity index (χ2v) is 7.81. The molecule has 0 amide bonds. The predicted molar refractivity (Wildman–Crippen MR) is 98.5 cm³/mol. The molecule has 8 heteroatoms. The number of carbonyl (C=O) groups is 1. The minimum Gasteiger partial charge on any atom is -0.481 e. The van der Waals surface area contributed by atoms with Gasteiger partial charge >= 0.3 is 5.97 Å². The molecule has 0 saturated heterocycles. The highest BCUT2D eigenvalue weighted by molar-refractivity contribution is 7.99. The Hall–Kier alpha value is -1.83. The number of nitrogens with one attached hydrogen (secondary N) is 1. The molecular weight excluding hydrogens is 368 g/mol. The van der Waals surface area contributed by atoms with E-state index in [1.54, 1.807) is 0 Å². The Morgan fingerprint density at radius 3 is 2.83 bits per heavy atom. The summed E-state index contributed by atoms with van der Waals surface area (Å²) in [5.74, 6) is -1.11. The van der Waals surface area contributed by atoms with E-state index in [1.165, 1.54) is 11.3 Å². The van der Waals surface area contributed by atoms with E-state index in [2.05, 4.69) is 9.97 Å². The number of rotatable bonds is 4. The molecule has 3 aromatic rings. The summed E-state index contributed by atoms with van der Waals surface area (Å²) in [5, 5.41) is 10.3. The third-order valence-electron chi connectivity index (χ3n) is 3.50. The molecule has 0 fully saturated rings. The van der Waals surface area contributed by atoms with Gasteiger partial charge in [-0.3, -0.25) is 9.59 Å². The standard InChI is InChI=1S/C16H13ClN2O3S2/c1-7-5-9(3-4-10(7)17)12-8(2)24-15-13(12)14(22)18-16(19-15)23-6-11(20)21/h3-5H,6H2,1-2H3,(H,20,21)(H,18,19,22). The van der Waals surface area contributed by atoms with Crippen molar-refractivity contribution in [2.24, 2.45) is 0 Å². The molecule has 0 atom stereocenters. The SMILES string of the molecule is Cc1cc(-c2c(C)sc3nc(SCC(=O)O)[nH]c(=O)c23)ccc1Cl. The number of aliphatic carboxylic acids is 1. The molecule has 0 bridgehead atoms. The zero-order chi connectivity index (χ0) is 17.4. The maximum atomic E-state index is 12.5. The van der Waals surface area contributed by atoms with Crippen molar-refractivity contribution in [3.8, 4) is 11.1 Å². The van der Waals surface area contributed by atoms with Gasteiger partial charge in [-0.25, -0.2) is 4.98 Å². The van der Waals surface area contributed by atoms with Crippen molar-refractivity contribution in [2.45, 2.75) is 19.0 Å². The van der Waals surface area contributed by atoms with E-state index in [0.29, 0.717) is 20.4 Å². The van der Waals surface area contributed by atoms with Crippen LogP contribution in [0.4, 0.5) is 0 Å². The molecule has 124 valence electrons. The third-order valence-corrected chi connectivity index (χ3v) is 5.78. The molecule has 0 aliphatic carbocycles. The van der Waals surface area contributed by atoms with Crippen LogP contribution < -0.4 is 5.56 Å². The molecule has 0 aliphatic rings. The number of aryl methyl sites for hydroxylation is 2. The van der Waals surface area contributed by atoms with E-state index in [-0.39, 0.29) is 11.3 Å². The average Bonchev–Trinajstić information content (AvgIpc) is 2.84. The predicted octanol–water partition coefficient (Wildman–Crippen LogP) is 4.10. The summed E-state index contributed by atoms with van der Waals surface area (Å²) in [6.45, 7) is 3.86. The molecule has 0 saturated carbocycles. The van der Waals surface area contributed by atoms with Gasteiger partial charge in [-0.05, 0) is 37.1 Å². The van der Waals surface area contributed by atoms with Gasteiger partial charge in [0.25, 0.3) is 5.56 Å². The number of thiophene rings is 1. The van der Waals surface area contributed by atoms with Gasteiger partial charge in [-0.1, -0.05) is 29.4 Å². The number of hydrogen-bond donors (Lipinski definition) is 2. The number of nitrogens with zero attached hydrogens (tertiary/aromatic N) is 1. The van der Waals surface area contributed by atoms with Gasteiger partial charge in [0.05, 0.1) is 11.1 Å². The number of halogens is 1. The molecule has 24 heavy (non-hydrogen) atoms. The number of benzene rings is 1. The first-order valence-corrected chi connectivity index (χ1v) is 9.19. The van der Waals surface area contributed by atoms with Gasteiger partial charge in [-0.2, -0.15) is 0 Å². The van der Waals surface area contributed by atoms with E-state index < -0.39 is 5.97 Å². The van der Waals surface area contributed by atoms with Gasteiger partial charge in [0.1, 0.15) is 4.83 Å². The van der Waals surface area contributed by atoms with E-state index in [0.717, 1.165) is 33.3 Å². The van der Waals surface area contributed by atoms with Crippen molar-refractivity contribution in [3.05, 3.63) is 44.0 Å². The topological polar surface area (TPSA) is 83.0 Å². The van der Waals surface area contributed by atoms with Crippen LogP contribution in [-0.2, 0) is 4.79 Å². The average molecular weight is 381 g/mol. The van der Waals surface area contributed by atoms with E-state index >= 15 is 0 Å². The lowest BCUT2D eigenvalue weighted by Gasteiger charge is -2.05. The second kappa shape index (κ2) is 6.58. The van der Waals surface area contributed by atoms with Crippen LogP contribution in [0.15, 0.2) is 28.2 Å². The minimum atomic E-state index is -0.956. The lowest BCUT2D eigenvalue weighted by molar-refractivity contribution is -0.133. The van der Waals surface area contributed by atoms with Crippen molar-refractivity contribution in [1.29, 1.82) is 0 Å².